The molecule has 0 amide bonds. The number of rotatable bonds is 2. The van der Waals surface area contributed by atoms with Crippen molar-refractivity contribution in [3.8, 4) is 0 Å². The highest BCUT2D eigenvalue weighted by Gasteiger charge is 2.14. The first kappa shape index (κ1) is 18.5. The van der Waals surface area contributed by atoms with Crippen molar-refractivity contribution in [2.75, 3.05) is 0 Å². The van der Waals surface area contributed by atoms with Gasteiger partial charge in [0.15, 0.2) is 0 Å². The number of carboxylic acid groups (broad SMARTS) is 1. The Morgan fingerprint density at radius 1 is 1.18 bits per heavy atom. The normalized spacial score (nSPS) is 30.2. The number of aliphatic carboxylic acids is 1. The molecule has 1 aliphatic carbocycles. The summed E-state index contributed by atoms with van der Waals surface area (Å²) in [5.41, 5.74) is 3.17. The number of allylic oxidation sites excluding steroid dienone is 7. The minimum absolute atomic E-state index is 0.423. The second kappa shape index (κ2) is 9.45. The molecule has 0 saturated heterocycles. The van der Waals surface area contributed by atoms with Crippen LogP contribution in [0.5, 0.6) is 0 Å². The Morgan fingerprint density at radius 3 is 2.55 bits per heavy atom. The monoisotopic (exact) mass is 302 g/mol. The summed E-state index contributed by atoms with van der Waals surface area (Å²) in [4.78, 5) is 11.4. The third-order valence-corrected chi connectivity index (χ3v) is 4.32. The maximum atomic E-state index is 11.4. The maximum Gasteiger partial charge on any atom is 0.331 e. The van der Waals surface area contributed by atoms with E-state index in [2.05, 4.69) is 52.0 Å². The van der Waals surface area contributed by atoms with E-state index in [1.54, 1.807) is 0 Å². The molecule has 0 aromatic heterocycles. The Bertz CT molecular complexity index is 490. The summed E-state index contributed by atoms with van der Waals surface area (Å²) in [5, 5.41) is 9.37. The lowest BCUT2D eigenvalue weighted by molar-refractivity contribution is -0.132. The first-order chi connectivity index (χ1) is 10.4. The van der Waals surface area contributed by atoms with Crippen molar-refractivity contribution < 1.29 is 9.90 Å². The molecule has 0 aromatic carbocycles. The summed E-state index contributed by atoms with van der Waals surface area (Å²) in [6.07, 6.45) is 15.1. The van der Waals surface area contributed by atoms with E-state index in [1.165, 1.54) is 11.1 Å². The van der Waals surface area contributed by atoms with E-state index >= 15 is 0 Å². The Morgan fingerprint density at radius 2 is 1.91 bits per heavy atom. The molecule has 0 saturated carbocycles. The van der Waals surface area contributed by atoms with E-state index in [9.17, 15) is 9.90 Å². The van der Waals surface area contributed by atoms with E-state index in [-0.39, 0.29) is 0 Å². The molecular weight excluding hydrogens is 272 g/mol. The third-order valence-electron chi connectivity index (χ3n) is 4.32. The van der Waals surface area contributed by atoms with Crippen LogP contribution in [0.1, 0.15) is 59.8 Å². The molecule has 0 bridgehead atoms. The zero-order valence-corrected chi connectivity index (χ0v) is 14.4. The number of carboxylic acids is 1. The summed E-state index contributed by atoms with van der Waals surface area (Å²) in [6, 6.07) is 0. The predicted molar refractivity (Wildman–Crippen MR) is 93.8 cm³/mol. The van der Waals surface area contributed by atoms with E-state index in [4.69, 9.17) is 0 Å². The lowest BCUT2D eigenvalue weighted by Gasteiger charge is -2.17. The lowest BCUT2D eigenvalue weighted by Crippen LogP contribution is -2.09. The van der Waals surface area contributed by atoms with Crippen LogP contribution in [-0.4, -0.2) is 11.1 Å². The molecule has 0 unspecified atom stereocenters. The van der Waals surface area contributed by atoms with Crippen LogP contribution in [0.3, 0.4) is 0 Å². The van der Waals surface area contributed by atoms with E-state index in [0.29, 0.717) is 23.8 Å². The molecule has 22 heavy (non-hydrogen) atoms. The first-order valence-corrected chi connectivity index (χ1v) is 8.33. The predicted octanol–water partition coefficient (Wildman–Crippen LogP) is 5.68. The van der Waals surface area contributed by atoms with E-state index in [1.807, 2.05) is 6.08 Å². The Labute approximate surface area is 135 Å². The Balaban J connectivity index is 2.98. The largest absolute Gasteiger partial charge is 0.478 e. The van der Waals surface area contributed by atoms with Gasteiger partial charge in [0.05, 0.1) is 0 Å². The zero-order chi connectivity index (χ0) is 16.5. The van der Waals surface area contributed by atoms with Crippen molar-refractivity contribution in [2.24, 2.45) is 11.8 Å². The fourth-order valence-electron chi connectivity index (χ4n) is 2.64. The van der Waals surface area contributed by atoms with E-state index in [0.717, 1.165) is 25.7 Å². The molecular formula is C20H30O2. The molecule has 0 aromatic rings. The van der Waals surface area contributed by atoms with Crippen LogP contribution in [0, 0.1) is 11.8 Å². The maximum absolute atomic E-state index is 11.4. The summed E-state index contributed by atoms with van der Waals surface area (Å²) >= 11 is 0. The topological polar surface area (TPSA) is 37.3 Å². The van der Waals surface area contributed by atoms with Crippen molar-refractivity contribution >= 4 is 5.97 Å². The number of hydrogen-bond donors (Lipinski definition) is 1. The van der Waals surface area contributed by atoms with Crippen molar-refractivity contribution in [3.05, 3.63) is 47.1 Å². The smallest absolute Gasteiger partial charge is 0.331 e. The molecule has 2 heteroatoms. The molecule has 0 fully saturated rings. The molecule has 0 heterocycles. The van der Waals surface area contributed by atoms with Crippen molar-refractivity contribution in [3.63, 3.8) is 0 Å². The highest BCUT2D eigenvalue weighted by Crippen LogP contribution is 2.23. The van der Waals surface area contributed by atoms with Gasteiger partial charge in [0.2, 0.25) is 0 Å². The van der Waals surface area contributed by atoms with Crippen LogP contribution in [0.15, 0.2) is 47.1 Å². The van der Waals surface area contributed by atoms with Gasteiger partial charge in [-0.2, -0.15) is 0 Å². The average Bonchev–Trinajstić information content (AvgIpc) is 2.43. The summed E-state index contributed by atoms with van der Waals surface area (Å²) in [7, 11) is 0. The zero-order valence-electron chi connectivity index (χ0n) is 14.4. The molecule has 0 spiro atoms. The van der Waals surface area contributed by atoms with Crippen LogP contribution in [-0.2, 0) is 4.79 Å². The quantitative estimate of drug-likeness (QED) is 0.666. The molecule has 1 atom stereocenters. The van der Waals surface area contributed by atoms with Crippen molar-refractivity contribution in [1.82, 2.24) is 0 Å². The van der Waals surface area contributed by atoms with Crippen molar-refractivity contribution in [2.45, 2.75) is 59.8 Å². The van der Waals surface area contributed by atoms with Crippen LogP contribution < -0.4 is 0 Å². The lowest BCUT2D eigenvalue weighted by atomic mass is 9.88. The van der Waals surface area contributed by atoms with Crippen LogP contribution in [0.2, 0.25) is 0 Å². The first-order valence-electron chi connectivity index (χ1n) is 8.33. The Kier molecular flexibility index (Phi) is 7.94. The standard InChI is InChI=1S/C20H30O2/c1-15(2)18-12-11-17(4)8-5-7-16(3)9-6-10-19(14-13-18)20(21)22/h7-8,10-12,15,18H,5-6,9,13-14H2,1-4H3,(H,21,22)/b12-11-,16-7-,17-8-,19-10+/t18-/m1/s1. The van der Waals surface area contributed by atoms with Gasteiger partial charge in [0.25, 0.3) is 0 Å². The van der Waals surface area contributed by atoms with Crippen molar-refractivity contribution in [1.29, 1.82) is 0 Å². The van der Waals surface area contributed by atoms with Gasteiger partial charge >= 0.3 is 5.97 Å². The second-order valence-electron chi connectivity index (χ2n) is 6.61. The van der Waals surface area contributed by atoms with Crippen LogP contribution >= 0.6 is 0 Å². The SMILES string of the molecule is CC1=C/C/C=C(/C)CC/C=C(/C(=O)O)CC[C@H](C(C)C)/C=C\1. The van der Waals surface area contributed by atoms with Gasteiger partial charge in [-0.25, -0.2) is 4.79 Å². The van der Waals surface area contributed by atoms with Gasteiger partial charge < -0.3 is 5.11 Å². The average molecular weight is 302 g/mol. The fraction of sp³-hybridized carbons (Fsp3) is 0.550. The molecule has 0 radical (unpaired) electrons. The van der Waals surface area contributed by atoms with Gasteiger partial charge in [-0.1, -0.05) is 55.4 Å². The summed E-state index contributed by atoms with van der Waals surface area (Å²) in [6.45, 7) is 8.65. The molecule has 1 N–H and O–H groups in total. The highest BCUT2D eigenvalue weighted by atomic mass is 16.4. The van der Waals surface area contributed by atoms with Gasteiger partial charge in [-0.15, -0.1) is 0 Å². The van der Waals surface area contributed by atoms with Gasteiger partial charge in [-0.3, -0.25) is 0 Å². The molecule has 0 aliphatic heterocycles. The summed E-state index contributed by atoms with van der Waals surface area (Å²) < 4.78 is 0. The van der Waals surface area contributed by atoms with E-state index < -0.39 is 5.97 Å². The minimum Gasteiger partial charge on any atom is -0.478 e. The second-order valence-corrected chi connectivity index (χ2v) is 6.61. The molecule has 1 rings (SSSR count). The fourth-order valence-corrected chi connectivity index (χ4v) is 2.64. The number of hydrogen-bond acceptors (Lipinski definition) is 1. The number of carbonyl (C=O) groups is 1. The molecule has 1 aliphatic rings. The van der Waals surface area contributed by atoms with Crippen LogP contribution in [0.25, 0.3) is 0 Å². The highest BCUT2D eigenvalue weighted by molar-refractivity contribution is 5.86. The molecule has 122 valence electrons. The van der Waals surface area contributed by atoms with Gasteiger partial charge in [0.1, 0.15) is 0 Å². The minimum atomic E-state index is -0.767. The van der Waals surface area contributed by atoms with Gasteiger partial charge in [0, 0.05) is 5.57 Å². The van der Waals surface area contributed by atoms with Crippen LogP contribution in [0.4, 0.5) is 0 Å². The van der Waals surface area contributed by atoms with Gasteiger partial charge in [-0.05, 0) is 57.8 Å². The third kappa shape index (κ3) is 6.93. The summed E-state index contributed by atoms with van der Waals surface area (Å²) in [5.74, 6) is 0.178. The molecule has 2 nitrogen and oxygen atoms in total. The Hall–Kier alpha value is -1.57.